The van der Waals surface area contributed by atoms with Crippen LogP contribution in [-0.4, -0.2) is 43.4 Å². The summed E-state index contributed by atoms with van der Waals surface area (Å²) in [4.78, 5) is 11.7. The minimum atomic E-state index is -4.28. The highest BCUT2D eigenvalue weighted by Crippen LogP contribution is 2.14. The van der Waals surface area contributed by atoms with Crippen molar-refractivity contribution in [3.8, 4) is 0 Å². The summed E-state index contributed by atoms with van der Waals surface area (Å²) in [6.45, 7) is 6.55. The summed E-state index contributed by atoms with van der Waals surface area (Å²) in [6, 6.07) is -0.387. The molecule has 4 nitrogen and oxygen atoms in total. The predicted octanol–water partition coefficient (Wildman–Crippen LogP) is 1.85. The van der Waals surface area contributed by atoms with Crippen LogP contribution in [0, 0.1) is 0 Å². The van der Waals surface area contributed by atoms with E-state index in [9.17, 15) is 18.0 Å². The molecule has 0 aliphatic carbocycles. The van der Waals surface area contributed by atoms with E-state index in [0.717, 1.165) is 0 Å². The monoisotopic (exact) mass is 284 g/mol. The third-order valence-electron chi connectivity index (χ3n) is 2.07. The van der Waals surface area contributed by atoms with Crippen molar-refractivity contribution in [3.05, 3.63) is 0 Å². The minimum absolute atomic E-state index is 0.0140. The SMILES string of the molecule is CC(NCCCOCC(F)(F)F)C(=O)NC(C)(C)C. The number of carbonyl (C=O) groups excluding carboxylic acids is 1. The van der Waals surface area contributed by atoms with Crippen molar-refractivity contribution in [1.82, 2.24) is 10.6 Å². The lowest BCUT2D eigenvalue weighted by Crippen LogP contribution is -2.49. The van der Waals surface area contributed by atoms with Crippen LogP contribution in [-0.2, 0) is 9.53 Å². The Labute approximate surface area is 112 Å². The Morgan fingerprint density at radius 3 is 2.32 bits per heavy atom. The molecule has 1 amide bonds. The van der Waals surface area contributed by atoms with Gasteiger partial charge >= 0.3 is 6.18 Å². The third-order valence-corrected chi connectivity index (χ3v) is 2.07. The first-order valence-electron chi connectivity index (χ1n) is 6.21. The number of hydrogen-bond donors (Lipinski definition) is 2. The Hall–Kier alpha value is -0.820. The van der Waals surface area contributed by atoms with E-state index in [1.807, 2.05) is 20.8 Å². The molecule has 7 heteroatoms. The molecule has 114 valence electrons. The second-order valence-corrected chi connectivity index (χ2v) is 5.44. The van der Waals surface area contributed by atoms with Crippen LogP contribution in [0.1, 0.15) is 34.1 Å². The maximum absolute atomic E-state index is 11.8. The topological polar surface area (TPSA) is 50.4 Å². The van der Waals surface area contributed by atoms with E-state index in [1.54, 1.807) is 6.92 Å². The fraction of sp³-hybridized carbons (Fsp3) is 0.917. The number of halogens is 3. The van der Waals surface area contributed by atoms with Crippen LogP contribution < -0.4 is 10.6 Å². The number of nitrogens with one attached hydrogen (secondary N) is 2. The van der Waals surface area contributed by atoms with Gasteiger partial charge in [-0.05, 0) is 40.7 Å². The van der Waals surface area contributed by atoms with Crippen molar-refractivity contribution in [2.75, 3.05) is 19.8 Å². The average Bonchev–Trinajstić information content (AvgIpc) is 2.18. The van der Waals surface area contributed by atoms with E-state index in [1.165, 1.54) is 0 Å². The molecule has 0 heterocycles. The quantitative estimate of drug-likeness (QED) is 0.701. The van der Waals surface area contributed by atoms with Gasteiger partial charge in [0.25, 0.3) is 0 Å². The summed E-state index contributed by atoms with van der Waals surface area (Å²) in [5, 5.41) is 5.74. The molecule has 1 unspecified atom stereocenters. The number of alkyl halides is 3. The summed E-state index contributed by atoms with van der Waals surface area (Å²) >= 11 is 0. The molecular formula is C12H23F3N2O2. The van der Waals surface area contributed by atoms with Gasteiger partial charge in [-0.1, -0.05) is 0 Å². The fourth-order valence-electron chi connectivity index (χ4n) is 1.25. The van der Waals surface area contributed by atoms with Crippen molar-refractivity contribution in [1.29, 1.82) is 0 Å². The van der Waals surface area contributed by atoms with E-state index in [0.29, 0.717) is 13.0 Å². The smallest absolute Gasteiger partial charge is 0.372 e. The zero-order valence-corrected chi connectivity index (χ0v) is 11.9. The molecule has 0 radical (unpaired) electrons. The van der Waals surface area contributed by atoms with Crippen molar-refractivity contribution in [2.45, 2.75) is 51.9 Å². The second-order valence-electron chi connectivity index (χ2n) is 5.44. The van der Waals surface area contributed by atoms with Crippen molar-refractivity contribution in [3.63, 3.8) is 0 Å². The Kier molecular flexibility index (Phi) is 7.36. The maximum Gasteiger partial charge on any atom is 0.411 e. The molecular weight excluding hydrogens is 261 g/mol. The molecule has 0 saturated heterocycles. The third kappa shape index (κ3) is 12.0. The number of ether oxygens (including phenoxy) is 1. The molecule has 0 aromatic rings. The van der Waals surface area contributed by atoms with Crippen LogP contribution in [0.5, 0.6) is 0 Å². The van der Waals surface area contributed by atoms with Crippen LogP contribution in [0.3, 0.4) is 0 Å². The summed E-state index contributed by atoms with van der Waals surface area (Å²) in [7, 11) is 0. The van der Waals surface area contributed by atoms with Gasteiger partial charge in [-0.3, -0.25) is 4.79 Å². The van der Waals surface area contributed by atoms with E-state index < -0.39 is 12.8 Å². The van der Waals surface area contributed by atoms with Gasteiger partial charge in [-0.2, -0.15) is 13.2 Å². The highest BCUT2D eigenvalue weighted by Gasteiger charge is 2.27. The van der Waals surface area contributed by atoms with Crippen LogP contribution in [0.15, 0.2) is 0 Å². The lowest BCUT2D eigenvalue weighted by molar-refractivity contribution is -0.173. The van der Waals surface area contributed by atoms with E-state index in [4.69, 9.17) is 0 Å². The standard InChI is InChI=1S/C12H23F3N2O2/c1-9(10(18)17-11(2,3)4)16-6-5-7-19-8-12(13,14)15/h9,16H,5-8H2,1-4H3,(H,17,18). The van der Waals surface area contributed by atoms with Crippen LogP contribution in [0.4, 0.5) is 13.2 Å². The van der Waals surface area contributed by atoms with Crippen LogP contribution in [0.2, 0.25) is 0 Å². The molecule has 0 bridgehead atoms. The minimum Gasteiger partial charge on any atom is -0.372 e. The molecule has 19 heavy (non-hydrogen) atoms. The molecule has 0 aromatic heterocycles. The summed E-state index contributed by atoms with van der Waals surface area (Å²) < 4.78 is 39.7. The molecule has 0 aromatic carbocycles. The summed E-state index contributed by atoms with van der Waals surface area (Å²) in [6.07, 6.45) is -3.86. The van der Waals surface area contributed by atoms with Crippen molar-refractivity contribution in [2.24, 2.45) is 0 Å². The summed E-state index contributed by atoms with van der Waals surface area (Å²) in [5.41, 5.74) is -0.303. The molecule has 0 saturated carbocycles. The fourth-order valence-corrected chi connectivity index (χ4v) is 1.25. The van der Waals surface area contributed by atoms with Gasteiger partial charge in [0.05, 0.1) is 6.04 Å². The molecule has 2 N–H and O–H groups in total. The first kappa shape index (κ1) is 18.2. The lowest BCUT2D eigenvalue weighted by Gasteiger charge is -2.23. The Morgan fingerprint density at radius 1 is 1.26 bits per heavy atom. The van der Waals surface area contributed by atoms with Gasteiger partial charge in [-0.25, -0.2) is 0 Å². The molecule has 0 aliphatic rings. The summed E-state index contributed by atoms with van der Waals surface area (Å²) in [5.74, 6) is -0.135. The maximum atomic E-state index is 11.8. The number of hydrogen-bond acceptors (Lipinski definition) is 3. The Bertz CT molecular complexity index is 275. The van der Waals surface area contributed by atoms with Gasteiger partial charge in [0.2, 0.25) is 5.91 Å². The largest absolute Gasteiger partial charge is 0.411 e. The Morgan fingerprint density at radius 2 is 1.84 bits per heavy atom. The lowest BCUT2D eigenvalue weighted by atomic mass is 10.1. The number of amides is 1. The second kappa shape index (κ2) is 7.69. The molecule has 1 atom stereocenters. The molecule has 0 rings (SSSR count). The molecule has 0 fully saturated rings. The first-order valence-corrected chi connectivity index (χ1v) is 6.21. The van der Waals surface area contributed by atoms with Crippen molar-refractivity contribution >= 4 is 5.91 Å². The highest BCUT2D eigenvalue weighted by atomic mass is 19.4. The molecule has 0 spiro atoms. The van der Waals surface area contributed by atoms with Crippen LogP contribution in [0.25, 0.3) is 0 Å². The zero-order valence-electron chi connectivity index (χ0n) is 11.9. The number of rotatable bonds is 7. The van der Waals surface area contributed by atoms with E-state index in [-0.39, 0.29) is 24.1 Å². The number of carbonyl (C=O) groups is 1. The normalized spacial score (nSPS) is 14.3. The average molecular weight is 284 g/mol. The van der Waals surface area contributed by atoms with Gasteiger partial charge in [0.15, 0.2) is 0 Å². The Balaban J connectivity index is 3.64. The van der Waals surface area contributed by atoms with E-state index in [2.05, 4.69) is 15.4 Å². The molecule has 0 aliphatic heterocycles. The van der Waals surface area contributed by atoms with Gasteiger partial charge in [0.1, 0.15) is 6.61 Å². The predicted molar refractivity (Wildman–Crippen MR) is 66.9 cm³/mol. The van der Waals surface area contributed by atoms with Crippen LogP contribution >= 0.6 is 0 Å². The van der Waals surface area contributed by atoms with Gasteiger partial charge in [-0.15, -0.1) is 0 Å². The highest BCUT2D eigenvalue weighted by molar-refractivity contribution is 5.81. The van der Waals surface area contributed by atoms with Gasteiger partial charge in [0, 0.05) is 12.1 Å². The van der Waals surface area contributed by atoms with E-state index >= 15 is 0 Å². The van der Waals surface area contributed by atoms with Crippen molar-refractivity contribution < 1.29 is 22.7 Å². The van der Waals surface area contributed by atoms with Gasteiger partial charge < -0.3 is 15.4 Å². The zero-order chi connectivity index (χ0) is 15.1. The first-order chi connectivity index (χ1) is 8.51.